The minimum Gasteiger partial charge on any atom is -0.383 e. The molecule has 72 valence electrons. The van der Waals surface area contributed by atoms with Gasteiger partial charge in [-0.15, -0.1) is 11.8 Å². The lowest BCUT2D eigenvalue weighted by atomic mass is 10.5. The van der Waals surface area contributed by atoms with Gasteiger partial charge in [-0.3, -0.25) is 0 Å². The second-order valence-corrected chi connectivity index (χ2v) is 3.54. The van der Waals surface area contributed by atoms with Crippen molar-refractivity contribution in [1.29, 1.82) is 0 Å². The maximum absolute atomic E-state index is 5.80. The first-order valence-electron chi connectivity index (χ1n) is 4.12. The molecular formula is C9H10N4S. The quantitative estimate of drug-likeness (QED) is 0.758. The summed E-state index contributed by atoms with van der Waals surface area (Å²) < 4.78 is 1.63. The molecule has 4 nitrogen and oxygen atoms in total. The molecule has 0 atom stereocenters. The number of thioether (sulfide) groups is 1. The van der Waals surface area contributed by atoms with E-state index in [9.17, 15) is 0 Å². The molecule has 14 heavy (non-hydrogen) atoms. The molecule has 0 bridgehead atoms. The number of anilines is 1. The second-order valence-electron chi connectivity index (χ2n) is 2.71. The van der Waals surface area contributed by atoms with Crippen LogP contribution in [0.2, 0.25) is 0 Å². The SMILES string of the molecule is CSc1cc(N)n(-c2ccccn2)n1. The highest BCUT2D eigenvalue weighted by molar-refractivity contribution is 7.98. The van der Waals surface area contributed by atoms with Gasteiger partial charge in [0.15, 0.2) is 5.82 Å². The Balaban J connectivity index is 2.46. The van der Waals surface area contributed by atoms with Crippen LogP contribution in [0.25, 0.3) is 5.82 Å². The van der Waals surface area contributed by atoms with Crippen LogP contribution in [-0.4, -0.2) is 21.0 Å². The monoisotopic (exact) mass is 206 g/mol. The third-order valence-corrected chi connectivity index (χ3v) is 2.41. The molecule has 0 aliphatic heterocycles. The minimum atomic E-state index is 0.605. The van der Waals surface area contributed by atoms with E-state index in [1.165, 1.54) is 0 Å². The van der Waals surface area contributed by atoms with Crippen molar-refractivity contribution in [3.8, 4) is 5.82 Å². The summed E-state index contributed by atoms with van der Waals surface area (Å²) in [5.74, 6) is 1.35. The molecule has 2 N–H and O–H groups in total. The van der Waals surface area contributed by atoms with Gasteiger partial charge in [0.2, 0.25) is 0 Å². The average molecular weight is 206 g/mol. The topological polar surface area (TPSA) is 56.7 Å². The van der Waals surface area contributed by atoms with E-state index in [1.807, 2.05) is 30.5 Å². The van der Waals surface area contributed by atoms with Gasteiger partial charge in [0.05, 0.1) is 0 Å². The maximum Gasteiger partial charge on any atom is 0.155 e. The molecule has 0 aliphatic carbocycles. The first kappa shape index (κ1) is 9.08. The standard InChI is InChI=1S/C9H10N4S/c1-14-9-6-7(10)13(12-9)8-4-2-3-5-11-8/h2-6H,10H2,1H3. The number of rotatable bonds is 2. The van der Waals surface area contributed by atoms with Crippen LogP contribution >= 0.6 is 11.8 Å². The van der Waals surface area contributed by atoms with Gasteiger partial charge in [0.25, 0.3) is 0 Å². The van der Waals surface area contributed by atoms with Crippen LogP contribution in [0.5, 0.6) is 0 Å². The molecule has 0 saturated carbocycles. The van der Waals surface area contributed by atoms with Crippen LogP contribution in [0, 0.1) is 0 Å². The lowest BCUT2D eigenvalue weighted by Gasteiger charge is -2.00. The highest BCUT2D eigenvalue weighted by atomic mass is 32.2. The number of aromatic nitrogens is 3. The van der Waals surface area contributed by atoms with Crippen LogP contribution in [-0.2, 0) is 0 Å². The Kier molecular flexibility index (Phi) is 2.41. The molecule has 5 heteroatoms. The maximum atomic E-state index is 5.80. The van der Waals surface area contributed by atoms with E-state index in [0.717, 1.165) is 10.8 Å². The molecule has 2 aromatic heterocycles. The van der Waals surface area contributed by atoms with Crippen LogP contribution in [0.1, 0.15) is 0 Å². The number of nitrogens with zero attached hydrogens (tertiary/aromatic N) is 3. The summed E-state index contributed by atoms with van der Waals surface area (Å²) in [6, 6.07) is 7.47. The lowest BCUT2D eigenvalue weighted by molar-refractivity contribution is 0.819. The van der Waals surface area contributed by atoms with Gasteiger partial charge >= 0.3 is 0 Å². The predicted octanol–water partition coefficient (Wildman–Crippen LogP) is 1.57. The molecule has 0 unspecified atom stereocenters. The summed E-state index contributed by atoms with van der Waals surface area (Å²) in [4.78, 5) is 4.17. The van der Waals surface area contributed by atoms with E-state index >= 15 is 0 Å². The van der Waals surface area contributed by atoms with Gasteiger partial charge in [0.1, 0.15) is 10.8 Å². The largest absolute Gasteiger partial charge is 0.383 e. The second kappa shape index (κ2) is 3.71. The molecular weight excluding hydrogens is 196 g/mol. The average Bonchev–Trinajstić information content (AvgIpc) is 2.61. The molecule has 0 spiro atoms. The third kappa shape index (κ3) is 1.58. The fourth-order valence-electron chi connectivity index (χ4n) is 1.14. The van der Waals surface area contributed by atoms with Crippen molar-refractivity contribution in [1.82, 2.24) is 14.8 Å². The van der Waals surface area contributed by atoms with E-state index in [4.69, 9.17) is 5.73 Å². The van der Waals surface area contributed by atoms with E-state index < -0.39 is 0 Å². The number of hydrogen-bond donors (Lipinski definition) is 1. The molecule has 2 heterocycles. The minimum absolute atomic E-state index is 0.605. The zero-order chi connectivity index (χ0) is 9.97. The van der Waals surface area contributed by atoms with Crippen LogP contribution < -0.4 is 5.73 Å². The van der Waals surface area contributed by atoms with Crippen molar-refractivity contribution in [3.05, 3.63) is 30.5 Å². The fourth-order valence-corrected chi connectivity index (χ4v) is 1.54. The Morgan fingerprint density at radius 3 is 2.86 bits per heavy atom. The Morgan fingerprint density at radius 2 is 2.29 bits per heavy atom. The van der Waals surface area contributed by atoms with Crippen molar-refractivity contribution in [2.75, 3.05) is 12.0 Å². The molecule has 2 aromatic rings. The Morgan fingerprint density at radius 1 is 1.43 bits per heavy atom. The molecule has 0 aliphatic rings. The van der Waals surface area contributed by atoms with Gasteiger partial charge in [-0.1, -0.05) is 6.07 Å². The fraction of sp³-hybridized carbons (Fsp3) is 0.111. The zero-order valence-corrected chi connectivity index (χ0v) is 8.53. The Bertz CT molecular complexity index is 424. The number of pyridine rings is 1. The summed E-state index contributed by atoms with van der Waals surface area (Å²) in [5.41, 5.74) is 5.80. The highest BCUT2D eigenvalue weighted by Gasteiger charge is 2.05. The van der Waals surface area contributed by atoms with Crippen molar-refractivity contribution in [2.45, 2.75) is 5.03 Å². The molecule has 0 amide bonds. The zero-order valence-electron chi connectivity index (χ0n) is 7.71. The van der Waals surface area contributed by atoms with Crippen molar-refractivity contribution >= 4 is 17.6 Å². The highest BCUT2D eigenvalue weighted by Crippen LogP contribution is 2.18. The van der Waals surface area contributed by atoms with Crippen molar-refractivity contribution in [2.24, 2.45) is 0 Å². The van der Waals surface area contributed by atoms with Gasteiger partial charge in [-0.25, -0.2) is 4.98 Å². The summed E-state index contributed by atoms with van der Waals surface area (Å²) in [7, 11) is 0. The van der Waals surface area contributed by atoms with E-state index in [0.29, 0.717) is 5.82 Å². The first-order chi connectivity index (χ1) is 6.81. The predicted molar refractivity (Wildman–Crippen MR) is 57.6 cm³/mol. The van der Waals surface area contributed by atoms with E-state index in [1.54, 1.807) is 22.6 Å². The van der Waals surface area contributed by atoms with Crippen LogP contribution in [0.15, 0.2) is 35.5 Å². The van der Waals surface area contributed by atoms with Crippen LogP contribution in [0.4, 0.5) is 5.82 Å². The van der Waals surface area contributed by atoms with Crippen molar-refractivity contribution < 1.29 is 0 Å². The molecule has 0 aromatic carbocycles. The number of hydrogen-bond acceptors (Lipinski definition) is 4. The lowest BCUT2D eigenvalue weighted by Crippen LogP contribution is -2.03. The Hall–Kier alpha value is -1.49. The third-order valence-electron chi connectivity index (χ3n) is 1.79. The normalized spacial score (nSPS) is 10.4. The summed E-state index contributed by atoms with van der Waals surface area (Å²) in [5, 5.41) is 5.19. The summed E-state index contributed by atoms with van der Waals surface area (Å²) >= 11 is 1.56. The van der Waals surface area contributed by atoms with E-state index in [2.05, 4.69) is 10.1 Å². The van der Waals surface area contributed by atoms with E-state index in [-0.39, 0.29) is 0 Å². The molecule has 2 rings (SSSR count). The number of nitrogen functional groups attached to an aromatic ring is 1. The smallest absolute Gasteiger partial charge is 0.155 e. The first-order valence-corrected chi connectivity index (χ1v) is 5.34. The number of nitrogens with two attached hydrogens (primary N) is 1. The van der Waals surface area contributed by atoms with Gasteiger partial charge in [0, 0.05) is 12.3 Å². The summed E-state index contributed by atoms with van der Waals surface area (Å²) in [6.45, 7) is 0. The molecule has 0 fully saturated rings. The van der Waals surface area contributed by atoms with Crippen molar-refractivity contribution in [3.63, 3.8) is 0 Å². The molecule has 0 radical (unpaired) electrons. The Labute approximate surface area is 86.1 Å². The molecule has 0 saturated heterocycles. The van der Waals surface area contributed by atoms with Gasteiger partial charge < -0.3 is 5.73 Å². The van der Waals surface area contributed by atoms with Gasteiger partial charge in [-0.05, 0) is 18.4 Å². The van der Waals surface area contributed by atoms with Gasteiger partial charge in [-0.2, -0.15) is 9.78 Å². The summed E-state index contributed by atoms with van der Waals surface area (Å²) in [6.07, 6.45) is 3.68. The van der Waals surface area contributed by atoms with Crippen LogP contribution in [0.3, 0.4) is 0 Å².